The van der Waals surface area contributed by atoms with Gasteiger partial charge in [-0.2, -0.15) is 0 Å². The minimum Gasteiger partial charge on any atom is -0.392 e. The number of benzene rings is 1. The van der Waals surface area contributed by atoms with E-state index < -0.39 is 10.0 Å². The van der Waals surface area contributed by atoms with Crippen molar-refractivity contribution in [2.75, 3.05) is 6.61 Å². The van der Waals surface area contributed by atoms with Crippen LogP contribution < -0.4 is 4.72 Å². The van der Waals surface area contributed by atoms with Crippen molar-refractivity contribution in [3.63, 3.8) is 0 Å². The number of sulfonamides is 1. The lowest BCUT2D eigenvalue weighted by molar-refractivity contribution is 0.0902. The second-order valence-electron chi connectivity index (χ2n) is 5.66. The molecule has 0 saturated carbocycles. The number of rotatable bonds is 5. The van der Waals surface area contributed by atoms with Crippen LogP contribution >= 0.6 is 0 Å². The van der Waals surface area contributed by atoms with E-state index in [1.54, 1.807) is 19.1 Å². The summed E-state index contributed by atoms with van der Waals surface area (Å²) >= 11 is 0. The van der Waals surface area contributed by atoms with E-state index in [0.29, 0.717) is 17.7 Å². The van der Waals surface area contributed by atoms with Crippen LogP contribution in [0.3, 0.4) is 0 Å². The molecule has 5 nitrogen and oxygen atoms in total. The van der Waals surface area contributed by atoms with Crippen LogP contribution in [0, 0.1) is 13.8 Å². The Morgan fingerprint density at radius 1 is 1.38 bits per heavy atom. The van der Waals surface area contributed by atoms with Crippen molar-refractivity contribution in [2.45, 2.75) is 57.3 Å². The number of aliphatic hydroxyl groups is 1. The molecule has 0 aliphatic carbocycles. The number of ether oxygens (including phenoxy) is 1. The maximum Gasteiger partial charge on any atom is 0.241 e. The second-order valence-corrected chi connectivity index (χ2v) is 7.35. The number of aryl methyl sites for hydroxylation is 2. The molecule has 1 saturated heterocycles. The first-order valence-electron chi connectivity index (χ1n) is 7.20. The third-order valence-electron chi connectivity index (χ3n) is 3.96. The first-order chi connectivity index (χ1) is 9.85. The topological polar surface area (TPSA) is 75.6 Å². The molecule has 0 aromatic heterocycles. The van der Waals surface area contributed by atoms with Crippen LogP contribution in [-0.4, -0.2) is 32.3 Å². The fourth-order valence-corrected chi connectivity index (χ4v) is 4.26. The minimum atomic E-state index is -3.62. The monoisotopic (exact) mass is 313 g/mol. The molecule has 1 aromatic rings. The summed E-state index contributed by atoms with van der Waals surface area (Å²) < 4.78 is 33.3. The van der Waals surface area contributed by atoms with Gasteiger partial charge in [-0.05, 0) is 56.4 Å². The van der Waals surface area contributed by atoms with Gasteiger partial charge < -0.3 is 9.84 Å². The molecular formula is C15H23NO4S. The highest BCUT2D eigenvalue weighted by atomic mass is 32.2. The summed E-state index contributed by atoms with van der Waals surface area (Å²) in [7, 11) is -3.62. The van der Waals surface area contributed by atoms with Gasteiger partial charge in [0.1, 0.15) is 0 Å². The fourth-order valence-electron chi connectivity index (χ4n) is 2.72. The van der Waals surface area contributed by atoms with Crippen molar-refractivity contribution in [3.05, 3.63) is 28.8 Å². The van der Waals surface area contributed by atoms with Crippen LogP contribution in [0.25, 0.3) is 0 Å². The molecule has 0 radical (unpaired) electrons. The molecule has 2 atom stereocenters. The van der Waals surface area contributed by atoms with Gasteiger partial charge in [0.25, 0.3) is 0 Å². The lowest BCUT2D eigenvalue weighted by Gasteiger charge is -2.21. The van der Waals surface area contributed by atoms with Gasteiger partial charge in [-0.1, -0.05) is 6.07 Å². The smallest absolute Gasteiger partial charge is 0.241 e. The summed E-state index contributed by atoms with van der Waals surface area (Å²) in [6.45, 7) is 5.96. The van der Waals surface area contributed by atoms with Crippen molar-refractivity contribution < 1.29 is 18.3 Å². The van der Waals surface area contributed by atoms with E-state index in [9.17, 15) is 13.5 Å². The number of aliphatic hydroxyl groups excluding tert-OH is 1. The first kappa shape index (κ1) is 16.4. The van der Waals surface area contributed by atoms with E-state index >= 15 is 0 Å². The summed E-state index contributed by atoms with van der Waals surface area (Å²) in [6.07, 6.45) is 1.77. The Balaban J connectivity index is 2.26. The SMILES string of the molecule is Cc1cc(C)c(S(=O)(=O)NC(C)C2CCCO2)cc1CO. The van der Waals surface area contributed by atoms with Crippen LogP contribution in [0.2, 0.25) is 0 Å². The standard InChI is InChI=1S/C15H23NO4S/c1-10-7-11(2)15(8-13(10)9-17)21(18,19)16-12(3)14-5-4-6-20-14/h7-8,12,14,16-17H,4-6,9H2,1-3H3. The largest absolute Gasteiger partial charge is 0.392 e. The van der Waals surface area contributed by atoms with Gasteiger partial charge in [0.05, 0.1) is 17.6 Å². The molecule has 118 valence electrons. The Kier molecular flexibility index (Phi) is 5.03. The average molecular weight is 313 g/mol. The molecule has 2 unspecified atom stereocenters. The molecule has 2 rings (SSSR count). The van der Waals surface area contributed by atoms with Crippen molar-refractivity contribution in [2.24, 2.45) is 0 Å². The molecular weight excluding hydrogens is 290 g/mol. The van der Waals surface area contributed by atoms with E-state index in [2.05, 4.69) is 4.72 Å². The van der Waals surface area contributed by atoms with Crippen LogP contribution in [-0.2, 0) is 21.4 Å². The molecule has 21 heavy (non-hydrogen) atoms. The van der Waals surface area contributed by atoms with Crippen molar-refractivity contribution in [3.8, 4) is 0 Å². The lowest BCUT2D eigenvalue weighted by atomic mass is 10.1. The second kappa shape index (κ2) is 6.44. The summed E-state index contributed by atoms with van der Waals surface area (Å²) in [5, 5.41) is 9.32. The summed E-state index contributed by atoms with van der Waals surface area (Å²) in [5.41, 5.74) is 2.20. The third kappa shape index (κ3) is 3.63. The maximum absolute atomic E-state index is 12.6. The summed E-state index contributed by atoms with van der Waals surface area (Å²) in [5.74, 6) is 0. The predicted octanol–water partition coefficient (Wildman–Crippen LogP) is 1.64. The van der Waals surface area contributed by atoms with Crippen LogP contribution in [0.5, 0.6) is 0 Å². The van der Waals surface area contributed by atoms with Crippen LogP contribution in [0.1, 0.15) is 36.5 Å². The van der Waals surface area contributed by atoms with Gasteiger partial charge in [0.2, 0.25) is 10.0 Å². The average Bonchev–Trinajstić information content (AvgIpc) is 2.91. The molecule has 0 bridgehead atoms. The highest BCUT2D eigenvalue weighted by molar-refractivity contribution is 7.89. The molecule has 1 heterocycles. The number of hydrogen-bond acceptors (Lipinski definition) is 4. The zero-order chi connectivity index (χ0) is 15.6. The fraction of sp³-hybridized carbons (Fsp3) is 0.600. The van der Waals surface area contributed by atoms with Gasteiger partial charge in [0.15, 0.2) is 0 Å². The third-order valence-corrected chi connectivity index (χ3v) is 5.66. The van der Waals surface area contributed by atoms with Crippen LogP contribution in [0.15, 0.2) is 17.0 Å². The minimum absolute atomic E-state index is 0.0668. The Hall–Kier alpha value is -0.950. The number of nitrogens with one attached hydrogen (secondary N) is 1. The van der Waals surface area contributed by atoms with E-state index in [4.69, 9.17) is 4.74 Å². The highest BCUT2D eigenvalue weighted by Crippen LogP contribution is 2.22. The Morgan fingerprint density at radius 2 is 2.10 bits per heavy atom. The van der Waals surface area contributed by atoms with Crippen molar-refractivity contribution in [1.82, 2.24) is 4.72 Å². The Bertz CT molecular complexity index is 606. The zero-order valence-electron chi connectivity index (χ0n) is 12.7. The Morgan fingerprint density at radius 3 is 2.67 bits per heavy atom. The van der Waals surface area contributed by atoms with Gasteiger partial charge in [-0.3, -0.25) is 0 Å². The van der Waals surface area contributed by atoms with Gasteiger partial charge in [-0.15, -0.1) is 0 Å². The summed E-state index contributed by atoms with van der Waals surface area (Å²) in [4.78, 5) is 0.224. The van der Waals surface area contributed by atoms with Crippen molar-refractivity contribution in [1.29, 1.82) is 0 Å². The van der Waals surface area contributed by atoms with Crippen LogP contribution in [0.4, 0.5) is 0 Å². The van der Waals surface area contributed by atoms with E-state index in [1.165, 1.54) is 0 Å². The van der Waals surface area contributed by atoms with E-state index in [-0.39, 0.29) is 23.6 Å². The molecule has 1 aromatic carbocycles. The lowest BCUT2D eigenvalue weighted by Crippen LogP contribution is -2.41. The quantitative estimate of drug-likeness (QED) is 0.866. The molecule has 0 amide bonds. The highest BCUT2D eigenvalue weighted by Gasteiger charge is 2.28. The molecule has 1 aliphatic heterocycles. The molecule has 6 heteroatoms. The van der Waals surface area contributed by atoms with Gasteiger partial charge >= 0.3 is 0 Å². The van der Waals surface area contributed by atoms with Crippen molar-refractivity contribution >= 4 is 10.0 Å². The first-order valence-corrected chi connectivity index (χ1v) is 8.68. The van der Waals surface area contributed by atoms with E-state index in [0.717, 1.165) is 18.4 Å². The summed E-state index contributed by atoms with van der Waals surface area (Å²) in [6, 6.07) is 3.07. The zero-order valence-corrected chi connectivity index (χ0v) is 13.5. The van der Waals surface area contributed by atoms with Gasteiger partial charge in [0, 0.05) is 12.6 Å². The molecule has 0 spiro atoms. The predicted molar refractivity (Wildman–Crippen MR) is 80.6 cm³/mol. The molecule has 1 fully saturated rings. The molecule has 1 aliphatic rings. The Labute approximate surface area is 126 Å². The number of hydrogen-bond donors (Lipinski definition) is 2. The maximum atomic E-state index is 12.6. The molecule has 2 N–H and O–H groups in total. The normalized spacial score (nSPS) is 20.7. The van der Waals surface area contributed by atoms with E-state index in [1.807, 2.05) is 13.8 Å². The van der Waals surface area contributed by atoms with Gasteiger partial charge in [-0.25, -0.2) is 13.1 Å².